The summed E-state index contributed by atoms with van der Waals surface area (Å²) < 4.78 is 6.98. The van der Waals surface area contributed by atoms with Crippen molar-refractivity contribution in [1.29, 1.82) is 0 Å². The number of carbonyl (C=O) groups excluding carboxylic acids is 2. The summed E-state index contributed by atoms with van der Waals surface area (Å²) in [7, 11) is 1.32. The molecule has 2 aliphatic rings. The predicted molar refractivity (Wildman–Crippen MR) is 111 cm³/mol. The number of hydrogen-bond acceptors (Lipinski definition) is 7. The first-order valence-corrected chi connectivity index (χ1v) is 11.0. The van der Waals surface area contributed by atoms with Gasteiger partial charge >= 0.3 is 5.97 Å². The molecular weight excluding hydrogens is 390 g/mol. The first-order valence-electron chi connectivity index (χ1n) is 9.97. The van der Waals surface area contributed by atoms with Crippen LogP contribution in [0.3, 0.4) is 0 Å². The van der Waals surface area contributed by atoms with Gasteiger partial charge in [-0.15, -0.1) is 10.2 Å². The topological polar surface area (TPSA) is 89.3 Å². The van der Waals surface area contributed by atoms with Gasteiger partial charge in [-0.25, -0.2) is 4.79 Å². The fraction of sp³-hybridized carbons (Fsp3) is 0.500. The monoisotopic (exact) mass is 415 g/mol. The Morgan fingerprint density at radius 2 is 1.93 bits per heavy atom. The quantitative estimate of drug-likeness (QED) is 0.549. The summed E-state index contributed by atoms with van der Waals surface area (Å²) in [6.45, 7) is 2.03. The van der Waals surface area contributed by atoms with Crippen molar-refractivity contribution in [2.75, 3.05) is 36.2 Å². The molecule has 1 aromatic carbocycles. The lowest BCUT2D eigenvalue weighted by molar-refractivity contribution is -0.113. The van der Waals surface area contributed by atoms with Gasteiger partial charge in [-0.2, -0.15) is 0 Å². The number of carbonyl (C=O) groups is 2. The summed E-state index contributed by atoms with van der Waals surface area (Å²) in [4.78, 5) is 26.7. The van der Waals surface area contributed by atoms with Crippen LogP contribution in [-0.2, 0) is 9.53 Å². The molecule has 0 radical (unpaired) electrons. The Bertz CT molecular complexity index is 890. The molecule has 1 saturated heterocycles. The Morgan fingerprint density at radius 3 is 2.66 bits per heavy atom. The molecule has 29 heavy (non-hydrogen) atoms. The molecule has 1 aromatic heterocycles. The highest BCUT2D eigenvalue weighted by Gasteiger charge is 2.32. The second kappa shape index (κ2) is 8.86. The Morgan fingerprint density at radius 1 is 1.17 bits per heavy atom. The van der Waals surface area contributed by atoms with E-state index in [9.17, 15) is 9.59 Å². The molecule has 9 heteroatoms. The molecule has 0 atom stereocenters. The van der Waals surface area contributed by atoms with Crippen LogP contribution in [0, 0.1) is 0 Å². The Balaban J connectivity index is 1.42. The number of ether oxygens (including phenoxy) is 1. The number of nitrogens with zero attached hydrogens (tertiary/aromatic N) is 4. The van der Waals surface area contributed by atoms with Gasteiger partial charge in [0.25, 0.3) is 0 Å². The summed E-state index contributed by atoms with van der Waals surface area (Å²) in [6.07, 6.45) is 5.89. The lowest BCUT2D eigenvalue weighted by Gasteiger charge is -2.27. The molecular formula is C20H25N5O3S. The van der Waals surface area contributed by atoms with E-state index < -0.39 is 5.97 Å². The van der Waals surface area contributed by atoms with Gasteiger partial charge in [0, 0.05) is 19.1 Å². The Labute approximate surface area is 174 Å². The van der Waals surface area contributed by atoms with Crippen LogP contribution >= 0.6 is 11.8 Å². The maximum Gasteiger partial charge on any atom is 0.339 e. The lowest BCUT2D eigenvalue weighted by atomic mass is 10.1. The molecule has 1 aliphatic heterocycles. The van der Waals surface area contributed by atoms with Crippen molar-refractivity contribution in [3.63, 3.8) is 0 Å². The van der Waals surface area contributed by atoms with Crippen molar-refractivity contribution in [2.45, 2.75) is 43.3 Å². The first kappa shape index (κ1) is 19.8. The number of amides is 1. The number of methoxy groups -OCH3 is 1. The molecule has 2 aromatic rings. The second-order valence-electron chi connectivity index (χ2n) is 7.31. The zero-order valence-electron chi connectivity index (χ0n) is 16.5. The van der Waals surface area contributed by atoms with Gasteiger partial charge in [0.1, 0.15) is 0 Å². The molecule has 2 heterocycles. The molecule has 4 rings (SSSR count). The minimum Gasteiger partial charge on any atom is -0.465 e. The second-order valence-corrected chi connectivity index (χ2v) is 8.25. The number of esters is 1. The molecule has 8 nitrogen and oxygen atoms in total. The van der Waals surface area contributed by atoms with Crippen LogP contribution in [0.2, 0.25) is 0 Å². The van der Waals surface area contributed by atoms with Crippen molar-refractivity contribution in [1.82, 2.24) is 14.8 Å². The summed E-state index contributed by atoms with van der Waals surface area (Å²) in [5, 5.41) is 12.4. The largest absolute Gasteiger partial charge is 0.465 e. The third-order valence-electron chi connectivity index (χ3n) is 5.14. The average molecular weight is 416 g/mol. The van der Waals surface area contributed by atoms with Gasteiger partial charge in [0.05, 0.1) is 24.1 Å². The van der Waals surface area contributed by atoms with Crippen molar-refractivity contribution < 1.29 is 14.3 Å². The fourth-order valence-electron chi connectivity index (χ4n) is 3.53. The van der Waals surface area contributed by atoms with E-state index in [0.29, 0.717) is 17.3 Å². The molecule has 0 bridgehead atoms. The molecule has 154 valence electrons. The third kappa shape index (κ3) is 4.55. The molecule has 1 aliphatic carbocycles. The molecule has 0 spiro atoms. The molecule has 2 fully saturated rings. The van der Waals surface area contributed by atoms with Crippen LogP contribution in [0.4, 0.5) is 11.6 Å². The van der Waals surface area contributed by atoms with E-state index in [2.05, 4.69) is 25.0 Å². The molecule has 1 saturated carbocycles. The number of nitrogens with one attached hydrogen (secondary N) is 1. The third-order valence-corrected chi connectivity index (χ3v) is 6.08. The number of hydrogen-bond donors (Lipinski definition) is 1. The standard InChI is InChI=1S/C20H25N5O3S/c1-28-18(27)15-7-3-4-8-16(15)21-17(26)13-29-20-23-22-19(25(20)14-9-10-14)24-11-5-2-6-12-24/h3-4,7-8,14H,2,5-6,9-13H2,1H3,(H,21,26). The van der Waals surface area contributed by atoms with Crippen molar-refractivity contribution >= 4 is 35.3 Å². The minimum atomic E-state index is -0.479. The van der Waals surface area contributed by atoms with Gasteiger partial charge in [0.2, 0.25) is 11.9 Å². The van der Waals surface area contributed by atoms with E-state index in [1.807, 2.05) is 0 Å². The normalized spacial score (nSPS) is 16.5. The van der Waals surface area contributed by atoms with Crippen LogP contribution in [0.1, 0.15) is 48.5 Å². The number of aromatic nitrogens is 3. The average Bonchev–Trinajstić information content (AvgIpc) is 3.51. The van der Waals surface area contributed by atoms with Crippen LogP contribution in [0.5, 0.6) is 0 Å². The number of rotatable bonds is 7. The van der Waals surface area contributed by atoms with Gasteiger partial charge < -0.3 is 15.0 Å². The summed E-state index contributed by atoms with van der Waals surface area (Å²) in [5.74, 6) is 0.455. The van der Waals surface area contributed by atoms with E-state index in [4.69, 9.17) is 4.74 Å². The number of para-hydroxylation sites is 1. The zero-order chi connectivity index (χ0) is 20.2. The number of piperidine rings is 1. The van der Waals surface area contributed by atoms with Gasteiger partial charge in [0.15, 0.2) is 5.16 Å². The molecule has 1 N–H and O–H groups in total. The van der Waals surface area contributed by atoms with Crippen molar-refractivity contribution in [3.05, 3.63) is 29.8 Å². The highest BCUT2D eigenvalue weighted by atomic mass is 32.2. The van der Waals surface area contributed by atoms with E-state index >= 15 is 0 Å². The van der Waals surface area contributed by atoms with Gasteiger partial charge in [-0.3, -0.25) is 9.36 Å². The fourth-order valence-corrected chi connectivity index (χ4v) is 4.33. The number of benzene rings is 1. The Hall–Kier alpha value is -2.55. The smallest absolute Gasteiger partial charge is 0.339 e. The number of anilines is 2. The summed E-state index contributed by atoms with van der Waals surface area (Å²) >= 11 is 1.38. The van der Waals surface area contributed by atoms with Crippen molar-refractivity contribution in [2.24, 2.45) is 0 Å². The lowest BCUT2D eigenvalue weighted by Crippen LogP contribution is -2.32. The first-order chi connectivity index (χ1) is 14.2. The molecule has 0 unspecified atom stereocenters. The van der Waals surface area contributed by atoms with Gasteiger partial charge in [-0.05, 0) is 44.2 Å². The maximum atomic E-state index is 12.5. The van der Waals surface area contributed by atoms with E-state index in [-0.39, 0.29) is 11.7 Å². The van der Waals surface area contributed by atoms with Crippen LogP contribution in [-0.4, -0.2) is 52.6 Å². The number of thioether (sulfide) groups is 1. The summed E-state index contributed by atoms with van der Waals surface area (Å²) in [5.41, 5.74) is 0.782. The zero-order valence-corrected chi connectivity index (χ0v) is 17.3. The highest BCUT2D eigenvalue weighted by Crippen LogP contribution is 2.41. The van der Waals surface area contributed by atoms with E-state index in [1.54, 1.807) is 24.3 Å². The summed E-state index contributed by atoms with van der Waals surface area (Å²) in [6, 6.07) is 7.26. The van der Waals surface area contributed by atoms with Crippen LogP contribution in [0.25, 0.3) is 0 Å². The minimum absolute atomic E-state index is 0.195. The molecule has 1 amide bonds. The Kier molecular flexibility index (Phi) is 6.03. The maximum absolute atomic E-state index is 12.5. The SMILES string of the molecule is COC(=O)c1ccccc1NC(=O)CSc1nnc(N2CCCCC2)n1C1CC1. The van der Waals surface area contributed by atoms with Crippen molar-refractivity contribution in [3.8, 4) is 0 Å². The van der Waals surface area contributed by atoms with Crippen LogP contribution < -0.4 is 10.2 Å². The highest BCUT2D eigenvalue weighted by molar-refractivity contribution is 7.99. The van der Waals surface area contributed by atoms with E-state index in [1.165, 1.54) is 38.1 Å². The van der Waals surface area contributed by atoms with Crippen LogP contribution in [0.15, 0.2) is 29.4 Å². The van der Waals surface area contributed by atoms with E-state index in [0.717, 1.165) is 37.0 Å². The van der Waals surface area contributed by atoms with Gasteiger partial charge in [-0.1, -0.05) is 23.9 Å². The predicted octanol–water partition coefficient (Wildman–Crippen LogP) is 3.12.